The minimum absolute atomic E-state index is 0.0754. The highest BCUT2D eigenvalue weighted by atomic mass is 35.5. The standard InChI is InChI=1S/C23H31ClN2O3S/c1-15(2)16(3)26(23(28)17-6-4-5-7-17)11-18-10-19(24)8-9-21(18)29-13-22-25-20(12-27)14-30-22/h8-10,14-17,27H,4-7,11-13H2,1-3H3/t16-/m1/s1. The van der Waals surface area contributed by atoms with Gasteiger partial charge in [0.15, 0.2) is 0 Å². The Bertz CT molecular complexity index is 849. The van der Waals surface area contributed by atoms with Gasteiger partial charge in [0.1, 0.15) is 17.4 Å². The molecule has 1 N–H and O–H groups in total. The zero-order chi connectivity index (χ0) is 21.7. The molecule has 1 aromatic carbocycles. The molecule has 1 aromatic heterocycles. The first-order valence-corrected chi connectivity index (χ1v) is 11.9. The molecule has 0 saturated heterocycles. The van der Waals surface area contributed by atoms with E-state index in [-0.39, 0.29) is 24.5 Å². The highest BCUT2D eigenvalue weighted by Gasteiger charge is 2.31. The lowest BCUT2D eigenvalue weighted by Gasteiger charge is -2.34. The van der Waals surface area contributed by atoms with Gasteiger partial charge in [-0.1, -0.05) is 38.3 Å². The van der Waals surface area contributed by atoms with Crippen molar-refractivity contribution < 1.29 is 14.6 Å². The van der Waals surface area contributed by atoms with E-state index in [1.54, 1.807) is 6.07 Å². The summed E-state index contributed by atoms with van der Waals surface area (Å²) in [4.78, 5) is 19.7. The Kier molecular flexibility index (Phi) is 8.14. The topological polar surface area (TPSA) is 62.7 Å². The molecule has 1 aliphatic rings. The van der Waals surface area contributed by atoms with E-state index in [1.165, 1.54) is 11.3 Å². The van der Waals surface area contributed by atoms with Crippen LogP contribution in [-0.4, -0.2) is 26.9 Å². The van der Waals surface area contributed by atoms with Crippen molar-refractivity contribution in [1.29, 1.82) is 0 Å². The van der Waals surface area contributed by atoms with Gasteiger partial charge in [0.25, 0.3) is 0 Å². The Balaban J connectivity index is 1.80. The van der Waals surface area contributed by atoms with E-state index >= 15 is 0 Å². The molecule has 0 aliphatic heterocycles. The van der Waals surface area contributed by atoms with Gasteiger partial charge in [0.2, 0.25) is 5.91 Å². The molecular formula is C23H31ClN2O3S. The number of hydrogen-bond acceptors (Lipinski definition) is 5. The molecule has 1 aliphatic carbocycles. The van der Waals surface area contributed by atoms with Crippen LogP contribution in [0.3, 0.4) is 0 Å². The van der Waals surface area contributed by atoms with Crippen molar-refractivity contribution in [2.24, 2.45) is 11.8 Å². The zero-order valence-electron chi connectivity index (χ0n) is 17.9. The molecule has 164 valence electrons. The van der Waals surface area contributed by atoms with E-state index < -0.39 is 0 Å². The Morgan fingerprint density at radius 1 is 1.33 bits per heavy atom. The number of aliphatic hydroxyl groups is 1. The summed E-state index contributed by atoms with van der Waals surface area (Å²) in [6, 6.07) is 5.67. The second kappa shape index (κ2) is 10.6. The molecular weight excluding hydrogens is 420 g/mol. The molecule has 1 saturated carbocycles. The maximum Gasteiger partial charge on any atom is 0.226 e. The van der Waals surface area contributed by atoms with Crippen molar-refractivity contribution in [3.8, 4) is 5.75 Å². The SMILES string of the molecule is CC(C)[C@@H](C)N(Cc1cc(Cl)ccc1OCc1nc(CO)cs1)C(=O)C1CCCC1. The normalized spacial score (nSPS) is 15.5. The number of thiazole rings is 1. The molecule has 1 fully saturated rings. The van der Waals surface area contributed by atoms with Gasteiger partial charge in [-0.05, 0) is 43.9 Å². The maximum absolute atomic E-state index is 13.3. The predicted molar refractivity (Wildman–Crippen MR) is 121 cm³/mol. The van der Waals surface area contributed by atoms with E-state index in [0.29, 0.717) is 35.5 Å². The van der Waals surface area contributed by atoms with Crippen molar-refractivity contribution in [1.82, 2.24) is 9.88 Å². The van der Waals surface area contributed by atoms with Crippen LogP contribution in [-0.2, 0) is 24.6 Å². The first-order valence-electron chi connectivity index (χ1n) is 10.6. The van der Waals surface area contributed by atoms with Crippen LogP contribution in [0.25, 0.3) is 0 Å². The van der Waals surface area contributed by atoms with Crippen LogP contribution in [0.15, 0.2) is 23.6 Å². The number of nitrogens with zero attached hydrogens (tertiary/aromatic N) is 2. The third kappa shape index (κ3) is 5.74. The number of aliphatic hydroxyl groups excluding tert-OH is 1. The molecule has 0 spiro atoms. The number of rotatable bonds is 9. The molecule has 0 unspecified atom stereocenters. The zero-order valence-corrected chi connectivity index (χ0v) is 19.5. The lowest BCUT2D eigenvalue weighted by atomic mass is 9.99. The van der Waals surface area contributed by atoms with Crippen LogP contribution < -0.4 is 4.74 Å². The molecule has 5 nitrogen and oxygen atoms in total. The second-order valence-corrected chi connectivity index (χ2v) is 9.74. The van der Waals surface area contributed by atoms with Gasteiger partial charge in [-0.3, -0.25) is 4.79 Å². The molecule has 30 heavy (non-hydrogen) atoms. The van der Waals surface area contributed by atoms with Gasteiger partial charge in [0.05, 0.1) is 12.3 Å². The summed E-state index contributed by atoms with van der Waals surface area (Å²) in [5.41, 5.74) is 1.55. The average molecular weight is 451 g/mol. The summed E-state index contributed by atoms with van der Waals surface area (Å²) in [7, 11) is 0. The van der Waals surface area contributed by atoms with Crippen LogP contribution in [0.5, 0.6) is 5.75 Å². The summed E-state index contributed by atoms with van der Waals surface area (Å²) >= 11 is 7.75. The van der Waals surface area contributed by atoms with Gasteiger partial charge in [-0.2, -0.15) is 0 Å². The number of carbonyl (C=O) groups excluding carboxylic acids is 1. The van der Waals surface area contributed by atoms with Crippen LogP contribution >= 0.6 is 22.9 Å². The number of ether oxygens (including phenoxy) is 1. The van der Waals surface area contributed by atoms with Crippen molar-refractivity contribution in [2.75, 3.05) is 0 Å². The Morgan fingerprint density at radius 2 is 2.07 bits per heavy atom. The van der Waals surface area contributed by atoms with Crippen molar-refractivity contribution in [3.05, 3.63) is 44.9 Å². The lowest BCUT2D eigenvalue weighted by molar-refractivity contribution is -0.139. The fourth-order valence-electron chi connectivity index (χ4n) is 3.81. The number of hydrogen-bond donors (Lipinski definition) is 1. The Morgan fingerprint density at radius 3 is 2.70 bits per heavy atom. The number of aromatic nitrogens is 1. The lowest BCUT2D eigenvalue weighted by Crippen LogP contribution is -2.43. The van der Waals surface area contributed by atoms with Crippen LogP contribution in [0.2, 0.25) is 5.02 Å². The fraction of sp³-hybridized carbons (Fsp3) is 0.565. The molecule has 1 heterocycles. The summed E-state index contributed by atoms with van der Waals surface area (Å²) in [5.74, 6) is 1.43. The second-order valence-electron chi connectivity index (χ2n) is 8.36. The van der Waals surface area contributed by atoms with Gasteiger partial charge < -0.3 is 14.7 Å². The van der Waals surface area contributed by atoms with Gasteiger partial charge in [-0.15, -0.1) is 11.3 Å². The third-order valence-electron chi connectivity index (χ3n) is 5.92. The maximum atomic E-state index is 13.3. The highest BCUT2D eigenvalue weighted by Crippen LogP contribution is 2.31. The number of amides is 1. The molecule has 1 atom stereocenters. The fourth-order valence-corrected chi connectivity index (χ4v) is 4.70. The average Bonchev–Trinajstić information content (AvgIpc) is 3.42. The minimum Gasteiger partial charge on any atom is -0.486 e. The molecule has 0 radical (unpaired) electrons. The largest absolute Gasteiger partial charge is 0.486 e. The smallest absolute Gasteiger partial charge is 0.226 e. The molecule has 2 aromatic rings. The summed E-state index contributed by atoms with van der Waals surface area (Å²) in [5, 5.41) is 12.5. The third-order valence-corrected chi connectivity index (χ3v) is 7.03. The molecule has 7 heteroatoms. The summed E-state index contributed by atoms with van der Waals surface area (Å²) in [6.07, 6.45) is 4.23. The van der Waals surface area contributed by atoms with Gasteiger partial charge in [0, 0.05) is 34.5 Å². The quantitative estimate of drug-likeness (QED) is 0.553. The first-order chi connectivity index (χ1) is 14.4. The Labute approximate surface area is 188 Å². The predicted octanol–water partition coefficient (Wildman–Crippen LogP) is 5.43. The van der Waals surface area contributed by atoms with E-state index in [1.807, 2.05) is 22.4 Å². The number of carbonyl (C=O) groups is 1. The highest BCUT2D eigenvalue weighted by molar-refractivity contribution is 7.09. The van der Waals surface area contributed by atoms with E-state index in [0.717, 1.165) is 36.3 Å². The molecule has 1 amide bonds. The monoisotopic (exact) mass is 450 g/mol. The molecule has 3 rings (SSSR count). The van der Waals surface area contributed by atoms with Gasteiger partial charge in [-0.25, -0.2) is 4.98 Å². The number of benzene rings is 1. The van der Waals surface area contributed by atoms with Gasteiger partial charge >= 0.3 is 0 Å². The van der Waals surface area contributed by atoms with E-state index in [9.17, 15) is 9.90 Å². The minimum atomic E-state index is -0.0754. The summed E-state index contributed by atoms with van der Waals surface area (Å²) < 4.78 is 6.05. The first kappa shape index (κ1) is 23.0. The van der Waals surface area contributed by atoms with E-state index in [2.05, 4.69) is 25.8 Å². The van der Waals surface area contributed by atoms with Crippen LogP contribution in [0.1, 0.15) is 62.7 Å². The number of halogens is 1. The van der Waals surface area contributed by atoms with Crippen LogP contribution in [0, 0.1) is 11.8 Å². The van der Waals surface area contributed by atoms with Crippen LogP contribution in [0.4, 0.5) is 0 Å². The van der Waals surface area contributed by atoms with E-state index in [4.69, 9.17) is 16.3 Å². The van der Waals surface area contributed by atoms with Crippen molar-refractivity contribution in [2.45, 2.75) is 72.3 Å². The van der Waals surface area contributed by atoms with Crippen molar-refractivity contribution >= 4 is 28.8 Å². The molecule has 0 bridgehead atoms. The van der Waals surface area contributed by atoms with Crippen molar-refractivity contribution in [3.63, 3.8) is 0 Å². The Hall–Kier alpha value is -1.63. The summed E-state index contributed by atoms with van der Waals surface area (Å²) in [6.45, 7) is 7.13.